The maximum Gasteiger partial charge on any atom is 0.253 e. The molecular formula is C11H10Br2N2OS. The summed E-state index contributed by atoms with van der Waals surface area (Å²) < 4.78 is 0.982. The van der Waals surface area contributed by atoms with E-state index >= 15 is 0 Å². The zero-order valence-corrected chi connectivity index (χ0v) is 12.9. The highest BCUT2D eigenvalue weighted by atomic mass is 79.9. The van der Waals surface area contributed by atoms with E-state index in [4.69, 9.17) is 12.2 Å². The van der Waals surface area contributed by atoms with E-state index in [1.807, 2.05) is 24.3 Å². The van der Waals surface area contributed by atoms with Crippen molar-refractivity contribution in [2.45, 2.75) is 6.92 Å². The summed E-state index contributed by atoms with van der Waals surface area (Å²) >= 11 is 11.4. The molecule has 2 N–H and O–H groups in total. The molecule has 1 amide bonds. The Morgan fingerprint density at radius 2 is 1.94 bits per heavy atom. The monoisotopic (exact) mass is 376 g/mol. The molecule has 0 fully saturated rings. The Hall–Kier alpha value is -0.720. The van der Waals surface area contributed by atoms with Gasteiger partial charge in [-0.1, -0.05) is 31.9 Å². The summed E-state index contributed by atoms with van der Waals surface area (Å²) in [7, 11) is 0. The fourth-order valence-corrected chi connectivity index (χ4v) is 1.63. The van der Waals surface area contributed by atoms with Crippen LogP contribution in [0.15, 0.2) is 39.3 Å². The summed E-state index contributed by atoms with van der Waals surface area (Å²) in [6.45, 7) is 1.69. The van der Waals surface area contributed by atoms with Crippen molar-refractivity contribution in [1.29, 1.82) is 0 Å². The van der Waals surface area contributed by atoms with Crippen molar-refractivity contribution in [2.24, 2.45) is 0 Å². The minimum Gasteiger partial charge on any atom is -0.332 e. The van der Waals surface area contributed by atoms with Gasteiger partial charge in [-0.25, -0.2) is 0 Å². The number of benzene rings is 1. The lowest BCUT2D eigenvalue weighted by atomic mass is 10.3. The number of carbonyl (C=O) groups is 1. The molecule has 0 aliphatic heterocycles. The molecule has 6 heteroatoms. The van der Waals surface area contributed by atoms with Gasteiger partial charge in [0.15, 0.2) is 5.11 Å². The number of nitrogens with one attached hydrogen (secondary N) is 2. The molecule has 0 bridgehead atoms. The second kappa shape index (κ2) is 6.88. The van der Waals surface area contributed by atoms with E-state index in [1.54, 1.807) is 11.9 Å². The lowest BCUT2D eigenvalue weighted by Crippen LogP contribution is -2.34. The van der Waals surface area contributed by atoms with Crippen molar-refractivity contribution in [3.05, 3.63) is 39.3 Å². The lowest BCUT2D eigenvalue weighted by Gasteiger charge is -2.09. The highest BCUT2D eigenvalue weighted by Crippen LogP contribution is 2.13. The van der Waals surface area contributed by atoms with Gasteiger partial charge in [-0.05, 0) is 48.4 Å². The molecule has 0 aliphatic carbocycles. The van der Waals surface area contributed by atoms with Crippen LogP contribution in [0, 0.1) is 0 Å². The van der Waals surface area contributed by atoms with Crippen LogP contribution in [0.5, 0.6) is 0 Å². The molecule has 0 spiro atoms. The summed E-state index contributed by atoms with van der Waals surface area (Å²) in [4.78, 5) is 13.0. The molecule has 1 aromatic rings. The third-order valence-corrected chi connectivity index (χ3v) is 3.27. The first-order chi connectivity index (χ1) is 8.02. The Morgan fingerprint density at radius 3 is 2.47 bits per heavy atom. The molecule has 0 unspecified atom stereocenters. The van der Waals surface area contributed by atoms with Gasteiger partial charge in [-0.3, -0.25) is 10.1 Å². The molecule has 1 aromatic carbocycles. The average Bonchev–Trinajstić information content (AvgIpc) is 2.30. The van der Waals surface area contributed by atoms with Crippen molar-refractivity contribution in [2.75, 3.05) is 5.32 Å². The van der Waals surface area contributed by atoms with Crippen LogP contribution in [0.2, 0.25) is 0 Å². The maximum absolute atomic E-state index is 11.5. The van der Waals surface area contributed by atoms with E-state index in [0.29, 0.717) is 5.57 Å². The normalized spacial score (nSPS) is 10.9. The summed E-state index contributed by atoms with van der Waals surface area (Å²) in [6.07, 6.45) is 0. The second-order valence-corrected chi connectivity index (χ2v) is 4.99. The van der Waals surface area contributed by atoms with E-state index in [0.717, 1.165) is 10.2 Å². The number of rotatable bonds is 2. The number of hydrogen-bond acceptors (Lipinski definition) is 2. The van der Waals surface area contributed by atoms with Gasteiger partial charge < -0.3 is 5.32 Å². The number of anilines is 1. The Labute approximate surface area is 122 Å². The number of carbonyl (C=O) groups excluding carboxylic acids is 1. The molecule has 0 aliphatic rings. The zero-order chi connectivity index (χ0) is 12.8. The molecule has 3 nitrogen and oxygen atoms in total. The van der Waals surface area contributed by atoms with Crippen LogP contribution in [0.3, 0.4) is 0 Å². The molecule has 17 heavy (non-hydrogen) atoms. The molecule has 0 saturated carbocycles. The van der Waals surface area contributed by atoms with Crippen LogP contribution in [0.25, 0.3) is 0 Å². The van der Waals surface area contributed by atoms with Crippen molar-refractivity contribution in [3.8, 4) is 0 Å². The maximum atomic E-state index is 11.5. The lowest BCUT2D eigenvalue weighted by molar-refractivity contribution is -0.116. The van der Waals surface area contributed by atoms with Crippen molar-refractivity contribution >= 4 is 60.8 Å². The molecular weight excluding hydrogens is 368 g/mol. The smallest absolute Gasteiger partial charge is 0.253 e. The van der Waals surface area contributed by atoms with Gasteiger partial charge in [0.2, 0.25) is 0 Å². The van der Waals surface area contributed by atoms with E-state index in [1.165, 1.54) is 0 Å². The number of hydrogen-bond donors (Lipinski definition) is 2. The SMILES string of the molecule is C/C(=C\Br)C(=O)NC(=S)Nc1ccc(Br)cc1. The van der Waals surface area contributed by atoms with Gasteiger partial charge in [-0.2, -0.15) is 0 Å². The van der Waals surface area contributed by atoms with Crippen LogP contribution >= 0.6 is 44.1 Å². The topological polar surface area (TPSA) is 41.1 Å². The summed E-state index contributed by atoms with van der Waals surface area (Å²) in [5, 5.41) is 5.75. The van der Waals surface area contributed by atoms with E-state index in [-0.39, 0.29) is 11.0 Å². The van der Waals surface area contributed by atoms with Gasteiger partial charge in [0.1, 0.15) is 0 Å². The van der Waals surface area contributed by atoms with Crippen LogP contribution in [-0.2, 0) is 4.79 Å². The standard InChI is InChI=1S/C11H10Br2N2OS/c1-7(6-12)10(16)15-11(17)14-9-4-2-8(13)3-5-9/h2-6H,1H3,(H2,14,15,16,17)/b7-6+. The first-order valence-corrected chi connectivity index (χ1v) is 6.79. The van der Waals surface area contributed by atoms with Crippen LogP contribution in [0.4, 0.5) is 5.69 Å². The molecule has 0 atom stereocenters. The predicted octanol–water partition coefficient (Wildman–Crippen LogP) is 3.56. The molecule has 0 aromatic heterocycles. The third-order valence-electron chi connectivity index (χ3n) is 1.85. The summed E-state index contributed by atoms with van der Waals surface area (Å²) in [5.41, 5.74) is 1.36. The van der Waals surface area contributed by atoms with E-state index in [9.17, 15) is 4.79 Å². The third kappa shape index (κ3) is 4.97. The molecule has 1 rings (SSSR count). The van der Waals surface area contributed by atoms with E-state index in [2.05, 4.69) is 42.5 Å². The first-order valence-electron chi connectivity index (χ1n) is 4.68. The van der Waals surface area contributed by atoms with Crippen LogP contribution in [0.1, 0.15) is 6.92 Å². The summed E-state index contributed by atoms with van der Waals surface area (Å²) in [5.74, 6) is -0.239. The Morgan fingerprint density at radius 1 is 1.35 bits per heavy atom. The number of thiocarbonyl (C=S) groups is 1. The highest BCUT2D eigenvalue weighted by molar-refractivity contribution is 9.11. The molecule has 0 saturated heterocycles. The largest absolute Gasteiger partial charge is 0.332 e. The Bertz CT molecular complexity index is 457. The second-order valence-electron chi connectivity index (χ2n) is 3.21. The number of amides is 1. The molecule has 90 valence electrons. The minimum absolute atomic E-state index is 0.239. The zero-order valence-electron chi connectivity index (χ0n) is 8.96. The van der Waals surface area contributed by atoms with Gasteiger partial charge >= 0.3 is 0 Å². The Balaban J connectivity index is 2.56. The van der Waals surface area contributed by atoms with Gasteiger partial charge in [0.25, 0.3) is 5.91 Å². The van der Waals surface area contributed by atoms with Gasteiger partial charge in [0, 0.05) is 15.7 Å². The van der Waals surface area contributed by atoms with Crippen molar-refractivity contribution in [3.63, 3.8) is 0 Å². The van der Waals surface area contributed by atoms with Crippen LogP contribution in [-0.4, -0.2) is 11.0 Å². The van der Waals surface area contributed by atoms with Crippen molar-refractivity contribution in [1.82, 2.24) is 5.32 Å². The van der Waals surface area contributed by atoms with Gasteiger partial charge in [-0.15, -0.1) is 0 Å². The quantitative estimate of drug-likeness (QED) is 0.611. The van der Waals surface area contributed by atoms with Crippen molar-refractivity contribution < 1.29 is 4.79 Å². The molecule has 0 radical (unpaired) electrons. The summed E-state index contributed by atoms with van der Waals surface area (Å²) in [6, 6.07) is 7.48. The predicted molar refractivity (Wildman–Crippen MR) is 81.2 cm³/mol. The minimum atomic E-state index is -0.239. The number of halogens is 2. The van der Waals surface area contributed by atoms with E-state index < -0.39 is 0 Å². The fourth-order valence-electron chi connectivity index (χ4n) is 0.947. The Kier molecular flexibility index (Phi) is 5.80. The fraction of sp³-hybridized carbons (Fsp3) is 0.0909. The molecule has 0 heterocycles. The van der Waals surface area contributed by atoms with Gasteiger partial charge in [0.05, 0.1) is 0 Å². The highest BCUT2D eigenvalue weighted by Gasteiger charge is 2.06. The first kappa shape index (κ1) is 14.3. The average molecular weight is 378 g/mol. The van der Waals surface area contributed by atoms with Crippen LogP contribution < -0.4 is 10.6 Å².